The Bertz CT molecular complexity index is 298. The molecule has 0 bridgehead atoms. The Morgan fingerprint density at radius 3 is 2.33 bits per heavy atom. The first kappa shape index (κ1) is 10.8. The second-order valence-corrected chi connectivity index (χ2v) is 5.32. The van der Waals surface area contributed by atoms with Crippen LogP contribution >= 0.6 is 62.3 Å². The third-order valence-electron chi connectivity index (χ3n) is 0.955. The molecule has 0 radical (unpaired) electrons. The Labute approximate surface area is 97.3 Å². The first-order valence-corrected chi connectivity index (χ1v) is 4.97. The van der Waals surface area contributed by atoms with E-state index in [9.17, 15) is 0 Å². The van der Waals surface area contributed by atoms with Crippen molar-refractivity contribution >= 4 is 62.3 Å². The van der Waals surface area contributed by atoms with Gasteiger partial charge in [-0.1, -0.05) is 46.4 Å². The zero-order valence-electron chi connectivity index (χ0n) is 5.36. The zero-order valence-corrected chi connectivity index (χ0v) is 9.97. The molecule has 0 amide bonds. The van der Waals surface area contributed by atoms with Crippen LogP contribution in [0.2, 0.25) is 5.15 Å². The lowest BCUT2D eigenvalue weighted by molar-refractivity contribution is 0.963. The summed E-state index contributed by atoms with van der Waals surface area (Å²) in [5.74, 6) is 0.0562. The molecule has 7 heteroatoms. The minimum absolute atomic E-state index is 0.0562. The number of alkyl halides is 3. The molecule has 2 nitrogen and oxygen atoms in total. The van der Waals surface area contributed by atoms with Gasteiger partial charge in [-0.25, -0.2) is 9.97 Å². The van der Waals surface area contributed by atoms with E-state index in [1.807, 2.05) is 0 Å². The van der Waals surface area contributed by atoms with Crippen LogP contribution in [0.3, 0.4) is 0 Å². The van der Waals surface area contributed by atoms with Crippen molar-refractivity contribution in [1.29, 1.82) is 0 Å². The Morgan fingerprint density at radius 1 is 1.33 bits per heavy atom. The van der Waals surface area contributed by atoms with E-state index in [1.165, 1.54) is 6.20 Å². The molecular formula is C5HBrCl4N2. The highest BCUT2D eigenvalue weighted by atomic mass is 79.9. The van der Waals surface area contributed by atoms with Gasteiger partial charge in [0.2, 0.25) is 3.79 Å². The second-order valence-electron chi connectivity index (χ2n) is 1.83. The number of nitrogens with zero attached hydrogens (tertiary/aromatic N) is 2. The SMILES string of the molecule is Clc1nc(C(Cl)(Cl)Cl)ncc1Br. The minimum atomic E-state index is -1.63. The Morgan fingerprint density at radius 2 is 1.92 bits per heavy atom. The van der Waals surface area contributed by atoms with E-state index in [-0.39, 0.29) is 11.0 Å². The average Bonchev–Trinajstić information content (AvgIpc) is 1.92. The first-order valence-electron chi connectivity index (χ1n) is 2.66. The molecule has 66 valence electrons. The maximum atomic E-state index is 5.65. The number of aromatic nitrogens is 2. The molecule has 12 heavy (non-hydrogen) atoms. The fraction of sp³-hybridized carbons (Fsp3) is 0.200. The molecule has 1 aromatic heterocycles. The van der Waals surface area contributed by atoms with Crippen molar-refractivity contribution in [2.75, 3.05) is 0 Å². The molecule has 0 saturated carbocycles. The summed E-state index contributed by atoms with van der Waals surface area (Å²) in [7, 11) is 0. The molecule has 0 atom stereocenters. The monoisotopic (exact) mass is 308 g/mol. The van der Waals surface area contributed by atoms with Gasteiger partial charge in [0.1, 0.15) is 5.15 Å². The highest BCUT2D eigenvalue weighted by Crippen LogP contribution is 2.36. The topological polar surface area (TPSA) is 25.8 Å². The highest BCUT2D eigenvalue weighted by molar-refractivity contribution is 9.10. The van der Waals surface area contributed by atoms with Gasteiger partial charge >= 0.3 is 0 Å². The normalized spacial score (nSPS) is 11.8. The van der Waals surface area contributed by atoms with Gasteiger partial charge in [-0.3, -0.25) is 0 Å². The van der Waals surface area contributed by atoms with E-state index >= 15 is 0 Å². The maximum Gasteiger partial charge on any atom is 0.250 e. The summed E-state index contributed by atoms with van der Waals surface area (Å²) in [6.45, 7) is 0. The third-order valence-corrected chi connectivity index (χ3v) is 2.56. The van der Waals surface area contributed by atoms with Crippen molar-refractivity contribution in [3.63, 3.8) is 0 Å². The quantitative estimate of drug-likeness (QED) is 0.539. The predicted molar refractivity (Wildman–Crippen MR) is 54.0 cm³/mol. The highest BCUT2D eigenvalue weighted by Gasteiger charge is 2.27. The number of halogens is 5. The van der Waals surface area contributed by atoms with Gasteiger partial charge in [0.25, 0.3) is 0 Å². The largest absolute Gasteiger partial charge is 0.250 e. The summed E-state index contributed by atoms with van der Waals surface area (Å²) >= 11 is 25.3. The van der Waals surface area contributed by atoms with Crippen LogP contribution < -0.4 is 0 Å². The van der Waals surface area contributed by atoms with Crippen molar-refractivity contribution in [2.45, 2.75) is 3.79 Å². The molecule has 0 unspecified atom stereocenters. The lowest BCUT2D eigenvalue weighted by Crippen LogP contribution is -2.06. The van der Waals surface area contributed by atoms with Crippen LogP contribution in [0.4, 0.5) is 0 Å². The fourth-order valence-corrected chi connectivity index (χ4v) is 1.08. The van der Waals surface area contributed by atoms with Crippen molar-refractivity contribution in [3.8, 4) is 0 Å². The summed E-state index contributed by atoms with van der Waals surface area (Å²) in [5, 5.41) is 0.214. The molecular weight excluding hydrogens is 310 g/mol. The van der Waals surface area contributed by atoms with E-state index in [2.05, 4.69) is 25.9 Å². The van der Waals surface area contributed by atoms with Gasteiger partial charge < -0.3 is 0 Å². The Balaban J connectivity index is 3.14. The van der Waals surface area contributed by atoms with Crippen LogP contribution in [0.1, 0.15) is 5.82 Å². The number of hydrogen-bond acceptors (Lipinski definition) is 2. The number of rotatable bonds is 0. The molecule has 0 spiro atoms. The number of hydrogen-bond donors (Lipinski definition) is 0. The molecule has 1 heterocycles. The van der Waals surface area contributed by atoms with Crippen molar-refractivity contribution in [2.24, 2.45) is 0 Å². The van der Waals surface area contributed by atoms with Gasteiger partial charge in [-0.05, 0) is 15.9 Å². The third kappa shape index (κ3) is 2.60. The summed E-state index contributed by atoms with van der Waals surface area (Å²) in [6, 6.07) is 0. The molecule has 0 aliphatic rings. The van der Waals surface area contributed by atoms with Crippen LogP contribution in [0.5, 0.6) is 0 Å². The van der Waals surface area contributed by atoms with Crippen molar-refractivity contribution < 1.29 is 0 Å². The van der Waals surface area contributed by atoms with Crippen LogP contribution in [-0.2, 0) is 3.79 Å². The average molecular weight is 311 g/mol. The molecule has 1 rings (SSSR count). The molecule has 0 saturated heterocycles. The Hall–Kier alpha value is 0.720. The maximum absolute atomic E-state index is 5.65. The lowest BCUT2D eigenvalue weighted by atomic mass is 10.6. The van der Waals surface area contributed by atoms with E-state index in [0.717, 1.165) is 0 Å². The minimum Gasteiger partial charge on any atom is -0.236 e. The zero-order chi connectivity index (χ0) is 9.35. The van der Waals surface area contributed by atoms with E-state index < -0.39 is 3.79 Å². The van der Waals surface area contributed by atoms with Gasteiger partial charge in [0, 0.05) is 6.20 Å². The van der Waals surface area contributed by atoms with Crippen LogP contribution in [0.25, 0.3) is 0 Å². The van der Waals surface area contributed by atoms with Gasteiger partial charge in [-0.15, -0.1) is 0 Å². The van der Waals surface area contributed by atoms with Gasteiger partial charge in [0.05, 0.1) is 4.47 Å². The van der Waals surface area contributed by atoms with E-state index in [1.54, 1.807) is 0 Å². The van der Waals surface area contributed by atoms with Crippen LogP contribution in [-0.4, -0.2) is 9.97 Å². The summed E-state index contributed by atoms with van der Waals surface area (Å²) < 4.78 is -1.08. The van der Waals surface area contributed by atoms with Crippen molar-refractivity contribution in [1.82, 2.24) is 9.97 Å². The molecule has 0 aliphatic heterocycles. The second kappa shape index (κ2) is 3.84. The van der Waals surface area contributed by atoms with Crippen LogP contribution in [0.15, 0.2) is 10.7 Å². The van der Waals surface area contributed by atoms with Crippen molar-refractivity contribution in [3.05, 3.63) is 21.6 Å². The smallest absolute Gasteiger partial charge is 0.236 e. The molecule has 1 aromatic rings. The molecule has 0 N–H and O–H groups in total. The summed E-state index contributed by atoms with van der Waals surface area (Å²) in [5.41, 5.74) is 0. The van der Waals surface area contributed by atoms with E-state index in [4.69, 9.17) is 46.4 Å². The molecule has 0 aromatic carbocycles. The predicted octanol–water partition coefficient (Wildman–Crippen LogP) is 3.72. The Kier molecular flexibility index (Phi) is 3.46. The lowest BCUT2D eigenvalue weighted by Gasteiger charge is -2.08. The molecule has 0 fully saturated rings. The van der Waals surface area contributed by atoms with Crippen LogP contribution in [0, 0.1) is 0 Å². The van der Waals surface area contributed by atoms with Gasteiger partial charge in [0.15, 0.2) is 5.82 Å². The van der Waals surface area contributed by atoms with Gasteiger partial charge in [-0.2, -0.15) is 0 Å². The summed E-state index contributed by atoms with van der Waals surface area (Å²) in [6.07, 6.45) is 1.42. The molecule has 0 aliphatic carbocycles. The van der Waals surface area contributed by atoms with E-state index in [0.29, 0.717) is 4.47 Å². The standard InChI is InChI=1S/C5HBrCl4N2/c6-2-1-11-4(5(8,9)10)12-3(2)7/h1H. The summed E-state index contributed by atoms with van der Waals surface area (Å²) in [4.78, 5) is 7.53. The first-order chi connectivity index (χ1) is 5.41. The fourth-order valence-electron chi connectivity index (χ4n) is 0.483.